The summed E-state index contributed by atoms with van der Waals surface area (Å²) in [5, 5.41) is 60.2. The highest BCUT2D eigenvalue weighted by molar-refractivity contribution is 5.95. The molecule has 2 aromatic carbocycles. The number of carboxylic acid groups (broad SMARTS) is 1. The standard InChI is InChI=1S/C27H28F3N3O10/c28-27(29,30)18-4-2-1-3-16(18)19-7-13-5-6-14(8-17(13)24(39)31-19)33-10-15(43-26(33)42)9-32(25(40)41)11-20(35)22(37)23(38)21(36)12-34/h1-8,15,20-23,34-38H,9-12H2,(H,31,39)(H,40,41)/p-1/t15-,20-,21+,22+,23+/m0/s1. The molecule has 1 aliphatic rings. The second-order valence-electron chi connectivity index (χ2n) is 9.91. The Labute approximate surface area is 240 Å². The van der Waals surface area contributed by atoms with Gasteiger partial charge < -0.3 is 50.1 Å². The lowest BCUT2D eigenvalue weighted by atomic mass is 10.0. The first-order valence-corrected chi connectivity index (χ1v) is 12.8. The quantitative estimate of drug-likeness (QED) is 0.175. The second kappa shape index (κ2) is 12.6. The maximum Gasteiger partial charge on any atom is 0.417 e. The number of ether oxygens (including phenoxy) is 1. The number of pyridine rings is 1. The van der Waals surface area contributed by atoms with Gasteiger partial charge in [-0.2, -0.15) is 13.2 Å². The monoisotopic (exact) mass is 610 g/mol. The molecular formula is C27H27F3N3O10-. The number of fused-ring (bicyclic) bond motifs is 1. The van der Waals surface area contributed by atoms with Crippen molar-refractivity contribution in [3.63, 3.8) is 0 Å². The van der Waals surface area contributed by atoms with Crippen molar-refractivity contribution in [3.8, 4) is 11.3 Å². The number of hydrogen-bond donors (Lipinski definition) is 6. The molecule has 0 radical (unpaired) electrons. The molecular weight excluding hydrogens is 583 g/mol. The number of rotatable bonds is 10. The lowest BCUT2D eigenvalue weighted by Gasteiger charge is -2.32. The minimum absolute atomic E-state index is 0.0547. The van der Waals surface area contributed by atoms with Crippen LogP contribution in [0, 0.1) is 0 Å². The molecule has 16 heteroatoms. The number of nitrogens with zero attached hydrogens (tertiary/aromatic N) is 2. The molecule has 1 aromatic heterocycles. The van der Waals surface area contributed by atoms with E-state index >= 15 is 0 Å². The number of carbonyl (C=O) groups is 2. The number of aromatic nitrogens is 1. The summed E-state index contributed by atoms with van der Waals surface area (Å²) in [6.07, 6.45) is -16.2. The van der Waals surface area contributed by atoms with Crippen LogP contribution in [0.3, 0.4) is 0 Å². The van der Waals surface area contributed by atoms with Crippen molar-refractivity contribution in [3.05, 3.63) is 64.4 Å². The molecule has 1 fully saturated rings. The predicted molar refractivity (Wildman–Crippen MR) is 141 cm³/mol. The van der Waals surface area contributed by atoms with E-state index in [2.05, 4.69) is 4.98 Å². The smallest absolute Gasteiger partial charge is 0.417 e. The third kappa shape index (κ3) is 6.89. The van der Waals surface area contributed by atoms with Crippen molar-refractivity contribution in [1.29, 1.82) is 0 Å². The van der Waals surface area contributed by atoms with E-state index in [4.69, 9.17) is 9.84 Å². The number of anilines is 1. The van der Waals surface area contributed by atoms with E-state index in [1.54, 1.807) is 0 Å². The Morgan fingerprint density at radius 3 is 2.40 bits per heavy atom. The molecule has 0 spiro atoms. The van der Waals surface area contributed by atoms with E-state index in [0.717, 1.165) is 11.0 Å². The molecule has 13 nitrogen and oxygen atoms in total. The number of cyclic esters (lactones) is 1. The van der Waals surface area contributed by atoms with Gasteiger partial charge in [-0.15, -0.1) is 0 Å². The average molecular weight is 611 g/mol. The summed E-state index contributed by atoms with van der Waals surface area (Å²) in [5.74, 6) is 0. The highest BCUT2D eigenvalue weighted by atomic mass is 19.4. The van der Waals surface area contributed by atoms with Gasteiger partial charge >= 0.3 is 12.3 Å². The Hall–Kier alpha value is -4.22. The van der Waals surface area contributed by atoms with Crippen molar-refractivity contribution >= 4 is 28.6 Å². The van der Waals surface area contributed by atoms with Gasteiger partial charge in [-0.1, -0.05) is 24.3 Å². The van der Waals surface area contributed by atoms with Crippen molar-refractivity contribution < 1.29 is 58.1 Å². The zero-order valence-electron chi connectivity index (χ0n) is 22.1. The van der Waals surface area contributed by atoms with E-state index in [1.165, 1.54) is 42.5 Å². The topological polar surface area (TPSA) is 207 Å². The number of nitrogens with one attached hydrogen (secondary N) is 1. The van der Waals surface area contributed by atoms with E-state index in [0.29, 0.717) is 4.90 Å². The summed E-state index contributed by atoms with van der Waals surface area (Å²) < 4.78 is 45.7. The number of benzene rings is 2. The van der Waals surface area contributed by atoms with Gasteiger partial charge in [0.15, 0.2) is 0 Å². The molecule has 0 unspecified atom stereocenters. The van der Waals surface area contributed by atoms with Gasteiger partial charge in [-0.05, 0) is 29.7 Å². The Morgan fingerprint density at radius 1 is 1.07 bits per heavy atom. The molecule has 0 bridgehead atoms. The predicted octanol–water partition coefficient (Wildman–Crippen LogP) is -0.380. The Kier molecular flexibility index (Phi) is 9.26. The Balaban J connectivity index is 1.52. The lowest BCUT2D eigenvalue weighted by molar-refractivity contribution is -0.268. The fourth-order valence-electron chi connectivity index (χ4n) is 4.72. The second-order valence-corrected chi connectivity index (χ2v) is 9.91. The van der Waals surface area contributed by atoms with Gasteiger partial charge in [0.1, 0.15) is 30.5 Å². The molecule has 0 saturated carbocycles. The van der Waals surface area contributed by atoms with Gasteiger partial charge in [0.2, 0.25) is 0 Å². The first kappa shape index (κ1) is 31.7. The van der Waals surface area contributed by atoms with Crippen molar-refractivity contribution in [2.45, 2.75) is 36.7 Å². The van der Waals surface area contributed by atoms with Gasteiger partial charge in [0.05, 0.1) is 31.4 Å². The van der Waals surface area contributed by atoms with Crippen LogP contribution >= 0.6 is 0 Å². The van der Waals surface area contributed by atoms with E-state index < -0.39 is 79.7 Å². The summed E-state index contributed by atoms with van der Waals surface area (Å²) in [7, 11) is 0. The SMILES string of the molecule is O=C([O-])N(C[C@H]1CN(c2ccc3cc(-c4ccccc4C(F)(F)F)[nH]c(=O)c3c2)C(=O)O1)C[C@H](O)[C@@H](O)[C@H](O)[C@H](O)CO. The van der Waals surface area contributed by atoms with Crippen LogP contribution < -0.4 is 15.6 Å². The van der Waals surface area contributed by atoms with Gasteiger partial charge in [0, 0.05) is 28.9 Å². The maximum absolute atomic E-state index is 13.5. The summed E-state index contributed by atoms with van der Waals surface area (Å²) in [6, 6.07) is 10.3. The minimum Gasteiger partial charge on any atom is -0.530 e. The van der Waals surface area contributed by atoms with Crippen LogP contribution in [-0.4, -0.2) is 104 Å². The Morgan fingerprint density at radius 2 is 1.74 bits per heavy atom. The number of halogens is 3. The molecule has 2 heterocycles. The minimum atomic E-state index is -4.66. The first-order chi connectivity index (χ1) is 20.2. The Bertz CT molecular complexity index is 1550. The largest absolute Gasteiger partial charge is 0.530 e. The van der Waals surface area contributed by atoms with Crippen molar-refractivity contribution in [1.82, 2.24) is 9.88 Å². The molecule has 0 aliphatic carbocycles. The molecule has 4 rings (SSSR count). The average Bonchev–Trinajstić information content (AvgIpc) is 3.34. The molecule has 43 heavy (non-hydrogen) atoms. The number of carbonyl (C=O) groups excluding carboxylic acids is 2. The number of aliphatic hydroxyl groups excluding tert-OH is 5. The number of H-pyrrole nitrogens is 1. The summed E-state index contributed by atoms with van der Waals surface area (Å²) in [4.78, 5) is 41.2. The van der Waals surface area contributed by atoms with E-state index in [9.17, 15) is 53.1 Å². The zero-order valence-corrected chi connectivity index (χ0v) is 22.1. The summed E-state index contributed by atoms with van der Waals surface area (Å²) in [5.41, 5.74) is -1.77. The van der Waals surface area contributed by atoms with Crippen LogP contribution in [0.2, 0.25) is 0 Å². The molecule has 1 aliphatic heterocycles. The summed E-state index contributed by atoms with van der Waals surface area (Å²) in [6.45, 7) is -2.48. The van der Waals surface area contributed by atoms with Crippen LogP contribution in [0.25, 0.3) is 22.0 Å². The van der Waals surface area contributed by atoms with Crippen LogP contribution in [0.1, 0.15) is 5.56 Å². The van der Waals surface area contributed by atoms with Crippen LogP contribution in [-0.2, 0) is 10.9 Å². The highest BCUT2D eigenvalue weighted by Gasteiger charge is 2.36. The normalized spacial score (nSPS) is 18.3. The number of hydrogen-bond acceptors (Lipinski definition) is 10. The third-order valence-electron chi connectivity index (χ3n) is 6.95. The molecule has 3 aromatic rings. The zero-order chi connectivity index (χ0) is 31.6. The lowest BCUT2D eigenvalue weighted by Crippen LogP contribution is -2.54. The summed E-state index contributed by atoms with van der Waals surface area (Å²) >= 11 is 0. The van der Waals surface area contributed by atoms with Crippen molar-refractivity contribution in [2.75, 3.05) is 31.1 Å². The third-order valence-corrected chi connectivity index (χ3v) is 6.95. The fraction of sp³-hybridized carbons (Fsp3) is 0.370. The van der Waals surface area contributed by atoms with E-state index in [1.807, 2.05) is 0 Å². The number of aromatic amines is 1. The fourth-order valence-corrected chi connectivity index (χ4v) is 4.72. The van der Waals surface area contributed by atoms with Gasteiger partial charge in [-0.25, -0.2) is 4.79 Å². The van der Waals surface area contributed by atoms with E-state index in [-0.39, 0.29) is 34.3 Å². The van der Waals surface area contributed by atoms with Crippen LogP contribution in [0.4, 0.5) is 28.4 Å². The maximum atomic E-state index is 13.5. The number of aliphatic hydroxyl groups is 5. The van der Waals surface area contributed by atoms with Gasteiger partial charge in [-0.3, -0.25) is 9.69 Å². The molecule has 5 atom stereocenters. The first-order valence-electron chi connectivity index (χ1n) is 12.8. The van der Waals surface area contributed by atoms with Crippen molar-refractivity contribution in [2.24, 2.45) is 0 Å². The molecule has 232 valence electrons. The van der Waals surface area contributed by atoms with Crippen LogP contribution in [0.5, 0.6) is 0 Å². The number of alkyl halides is 3. The molecule has 6 N–H and O–H groups in total. The van der Waals surface area contributed by atoms with Gasteiger partial charge in [0.25, 0.3) is 5.56 Å². The number of amides is 2. The molecule has 1 saturated heterocycles. The highest BCUT2D eigenvalue weighted by Crippen LogP contribution is 2.37. The molecule has 2 amide bonds. The van der Waals surface area contributed by atoms with Crippen LogP contribution in [0.15, 0.2) is 53.3 Å².